The first-order chi connectivity index (χ1) is 27.8. The van der Waals surface area contributed by atoms with E-state index in [-0.39, 0.29) is 11.2 Å². The SMILES string of the molecule is CC(=O)c1ccc(-c2c(-c3ccc(C(C)(C)C)cc3)c(-c3ccc(Cl)cc3)c(-c3ccccc3)c(-c3ccc(C(F)(F)F)cc3)c2-c2ccc3ccccc3c2)cc1. The number of carbonyl (C=O) groups excluding carboxylic acids is 1. The van der Waals surface area contributed by atoms with Crippen molar-refractivity contribution < 1.29 is 18.0 Å². The first-order valence-electron chi connectivity index (χ1n) is 19.2. The lowest BCUT2D eigenvalue weighted by atomic mass is 9.73. The minimum Gasteiger partial charge on any atom is -0.295 e. The van der Waals surface area contributed by atoms with Gasteiger partial charge in [-0.3, -0.25) is 4.79 Å². The molecular weight excluding hydrogens is 745 g/mol. The predicted octanol–water partition coefficient (Wildman–Crippen LogP) is 16.0. The highest BCUT2D eigenvalue weighted by atomic mass is 35.5. The molecule has 0 saturated carbocycles. The Kier molecular flexibility index (Phi) is 10.2. The summed E-state index contributed by atoms with van der Waals surface area (Å²) < 4.78 is 42.5. The number of hydrogen-bond acceptors (Lipinski definition) is 1. The third kappa shape index (κ3) is 7.48. The van der Waals surface area contributed by atoms with Crippen LogP contribution in [0.15, 0.2) is 170 Å². The molecule has 0 spiro atoms. The Morgan fingerprint density at radius 1 is 0.431 bits per heavy atom. The zero-order valence-electron chi connectivity index (χ0n) is 32.6. The highest BCUT2D eigenvalue weighted by molar-refractivity contribution is 6.30. The van der Waals surface area contributed by atoms with Crippen molar-refractivity contribution in [2.24, 2.45) is 0 Å². The van der Waals surface area contributed by atoms with Crippen LogP contribution in [0.25, 0.3) is 77.5 Å². The van der Waals surface area contributed by atoms with Gasteiger partial charge in [0.2, 0.25) is 0 Å². The van der Waals surface area contributed by atoms with Crippen molar-refractivity contribution in [1.82, 2.24) is 0 Å². The number of hydrogen-bond donors (Lipinski definition) is 0. The first kappa shape index (κ1) is 38.6. The zero-order valence-corrected chi connectivity index (χ0v) is 33.3. The van der Waals surface area contributed by atoms with Crippen LogP contribution in [0.2, 0.25) is 5.02 Å². The number of alkyl halides is 3. The molecule has 0 aliphatic rings. The third-order valence-corrected chi connectivity index (χ3v) is 11.1. The van der Waals surface area contributed by atoms with Gasteiger partial charge in [0.25, 0.3) is 0 Å². The van der Waals surface area contributed by atoms with E-state index in [0.29, 0.717) is 16.1 Å². The van der Waals surface area contributed by atoms with Crippen molar-refractivity contribution in [1.29, 1.82) is 0 Å². The predicted molar refractivity (Wildman–Crippen MR) is 235 cm³/mol. The van der Waals surface area contributed by atoms with E-state index in [9.17, 15) is 18.0 Å². The van der Waals surface area contributed by atoms with Crippen LogP contribution in [-0.4, -0.2) is 5.78 Å². The number of rotatable bonds is 7. The van der Waals surface area contributed by atoms with Gasteiger partial charge in [-0.15, -0.1) is 0 Å². The molecule has 0 radical (unpaired) electrons. The van der Waals surface area contributed by atoms with Gasteiger partial charge in [0.05, 0.1) is 5.56 Å². The second-order valence-corrected chi connectivity index (χ2v) is 16.2. The largest absolute Gasteiger partial charge is 0.416 e. The van der Waals surface area contributed by atoms with Crippen LogP contribution < -0.4 is 0 Å². The molecule has 0 N–H and O–H groups in total. The van der Waals surface area contributed by atoms with Crippen molar-refractivity contribution in [3.8, 4) is 66.8 Å². The minimum atomic E-state index is -4.51. The van der Waals surface area contributed by atoms with E-state index in [1.807, 2.05) is 78.9 Å². The van der Waals surface area contributed by atoms with Crippen LogP contribution in [0.3, 0.4) is 0 Å². The summed E-state index contributed by atoms with van der Waals surface area (Å²) in [5, 5.41) is 2.67. The Hall–Kier alpha value is -6.23. The highest BCUT2D eigenvalue weighted by Gasteiger charge is 2.32. The van der Waals surface area contributed by atoms with Crippen LogP contribution >= 0.6 is 11.6 Å². The normalized spacial score (nSPS) is 11.9. The van der Waals surface area contributed by atoms with Crippen LogP contribution in [0, 0.1) is 0 Å². The molecule has 0 amide bonds. The summed E-state index contributed by atoms with van der Waals surface area (Å²) in [6, 6.07) is 54.1. The van der Waals surface area contributed by atoms with Gasteiger partial charge < -0.3 is 0 Å². The molecule has 58 heavy (non-hydrogen) atoms. The number of benzene rings is 8. The summed E-state index contributed by atoms with van der Waals surface area (Å²) in [6.07, 6.45) is -4.51. The molecule has 0 fully saturated rings. The van der Waals surface area contributed by atoms with Gasteiger partial charge in [0, 0.05) is 10.6 Å². The average molecular weight is 785 g/mol. The summed E-state index contributed by atoms with van der Waals surface area (Å²) >= 11 is 6.55. The molecule has 5 heteroatoms. The fraction of sp³-hybridized carbons (Fsp3) is 0.113. The van der Waals surface area contributed by atoms with E-state index in [2.05, 4.69) is 87.5 Å². The summed E-state index contributed by atoms with van der Waals surface area (Å²) in [5.74, 6) is -0.0500. The Balaban J connectivity index is 1.66. The van der Waals surface area contributed by atoms with E-state index in [1.54, 1.807) is 19.1 Å². The molecule has 0 aromatic heterocycles. The molecule has 0 saturated heterocycles. The van der Waals surface area contributed by atoms with E-state index >= 15 is 0 Å². The monoisotopic (exact) mass is 784 g/mol. The Bertz CT molecular complexity index is 2780. The molecule has 286 valence electrons. The van der Waals surface area contributed by atoms with Crippen LogP contribution in [-0.2, 0) is 11.6 Å². The average Bonchev–Trinajstić information content (AvgIpc) is 3.22. The minimum absolute atomic E-state index is 0.0500. The molecule has 0 atom stereocenters. The van der Waals surface area contributed by atoms with Gasteiger partial charge in [0.15, 0.2) is 5.78 Å². The van der Waals surface area contributed by atoms with Crippen LogP contribution in [0.1, 0.15) is 49.2 Å². The van der Waals surface area contributed by atoms with Gasteiger partial charge in [-0.1, -0.05) is 172 Å². The van der Waals surface area contributed by atoms with Gasteiger partial charge in [-0.25, -0.2) is 0 Å². The number of ketones is 1. The van der Waals surface area contributed by atoms with Crippen molar-refractivity contribution in [2.45, 2.75) is 39.3 Å². The quantitative estimate of drug-likeness (QED) is 0.147. The molecular formula is C53H40ClF3O. The fourth-order valence-corrected chi connectivity index (χ4v) is 8.01. The van der Waals surface area contributed by atoms with Crippen molar-refractivity contribution in [3.63, 3.8) is 0 Å². The lowest BCUT2D eigenvalue weighted by Gasteiger charge is -2.29. The van der Waals surface area contributed by atoms with E-state index in [4.69, 9.17) is 11.6 Å². The molecule has 8 aromatic rings. The highest BCUT2D eigenvalue weighted by Crippen LogP contribution is 2.56. The van der Waals surface area contributed by atoms with Gasteiger partial charge in [0.1, 0.15) is 0 Å². The number of carbonyl (C=O) groups is 1. The Morgan fingerprint density at radius 3 is 1.28 bits per heavy atom. The number of fused-ring (bicyclic) bond motifs is 1. The maximum Gasteiger partial charge on any atom is 0.416 e. The number of halogens is 4. The Labute approximate surface area is 342 Å². The van der Waals surface area contributed by atoms with Crippen LogP contribution in [0.5, 0.6) is 0 Å². The summed E-state index contributed by atoms with van der Waals surface area (Å²) in [4.78, 5) is 12.6. The second kappa shape index (κ2) is 15.3. The molecule has 1 nitrogen and oxygen atoms in total. The smallest absolute Gasteiger partial charge is 0.295 e. The summed E-state index contributed by atoms with van der Waals surface area (Å²) in [5.41, 5.74) is 11.3. The molecule has 0 aliphatic carbocycles. The lowest BCUT2D eigenvalue weighted by molar-refractivity contribution is -0.137. The van der Waals surface area contributed by atoms with Gasteiger partial charge in [-0.2, -0.15) is 13.2 Å². The van der Waals surface area contributed by atoms with E-state index < -0.39 is 11.7 Å². The topological polar surface area (TPSA) is 17.1 Å². The molecule has 0 bridgehead atoms. The van der Waals surface area contributed by atoms with Gasteiger partial charge >= 0.3 is 6.18 Å². The number of Topliss-reactive ketones (excluding diaryl/α,β-unsaturated/α-hetero) is 1. The summed E-state index contributed by atoms with van der Waals surface area (Å²) in [7, 11) is 0. The second-order valence-electron chi connectivity index (χ2n) is 15.7. The summed E-state index contributed by atoms with van der Waals surface area (Å²) in [6.45, 7) is 8.11. The lowest BCUT2D eigenvalue weighted by Crippen LogP contribution is -2.10. The molecule has 0 unspecified atom stereocenters. The fourth-order valence-electron chi connectivity index (χ4n) is 7.88. The Morgan fingerprint density at radius 2 is 0.810 bits per heavy atom. The molecule has 0 aliphatic heterocycles. The third-order valence-electron chi connectivity index (χ3n) is 10.9. The van der Waals surface area contributed by atoms with Crippen molar-refractivity contribution in [3.05, 3.63) is 192 Å². The standard InChI is InChI=1S/C53H40ClF3O/c1-33(58)34-14-17-37(18-15-34)49-47(38-20-26-43(27-21-38)52(2,3)4)48(40-24-30-45(54)31-25-40)46(36-11-6-5-7-12-36)50(39-22-28-44(29-23-39)53(55,56)57)51(49)42-19-16-35-10-8-9-13-41(35)32-42/h5-32H,1-4H3. The van der Waals surface area contributed by atoms with E-state index in [1.165, 1.54) is 5.56 Å². The van der Waals surface area contributed by atoms with E-state index in [0.717, 1.165) is 84.1 Å². The van der Waals surface area contributed by atoms with Gasteiger partial charge in [-0.05, 0) is 126 Å². The molecule has 0 heterocycles. The van der Waals surface area contributed by atoms with Crippen LogP contribution in [0.4, 0.5) is 13.2 Å². The maximum atomic E-state index is 14.2. The molecule has 8 aromatic carbocycles. The van der Waals surface area contributed by atoms with Crippen molar-refractivity contribution >= 4 is 28.2 Å². The zero-order chi connectivity index (χ0) is 40.8. The maximum absolute atomic E-state index is 14.2. The molecule has 8 rings (SSSR count). The van der Waals surface area contributed by atoms with Crippen molar-refractivity contribution in [2.75, 3.05) is 0 Å². The first-order valence-corrected chi connectivity index (χ1v) is 19.6.